The standard InChI is InChI=1S/C13H11ClN2O3S/c1-7(17)11-10(12(18)19)16-13(20-11)15-6-8-3-2-4-9(14)5-8/h2-5H,6H2,1H3,(H,15,16)(H,18,19). The molecule has 104 valence electrons. The number of halogens is 1. The third kappa shape index (κ3) is 3.34. The summed E-state index contributed by atoms with van der Waals surface area (Å²) in [4.78, 5) is 26.4. The van der Waals surface area contributed by atoms with E-state index in [0.29, 0.717) is 16.7 Å². The number of benzene rings is 1. The molecule has 0 atom stereocenters. The Bertz CT molecular complexity index is 638. The number of aromatic nitrogens is 1. The predicted molar refractivity (Wildman–Crippen MR) is 77.9 cm³/mol. The Balaban J connectivity index is 2.16. The van der Waals surface area contributed by atoms with Crippen LogP contribution < -0.4 is 5.32 Å². The molecule has 2 N–H and O–H groups in total. The second-order valence-corrected chi connectivity index (χ2v) is 5.48. The number of aromatic carboxylic acids is 1. The molecule has 0 unspecified atom stereocenters. The van der Waals surface area contributed by atoms with Crippen molar-refractivity contribution in [3.8, 4) is 0 Å². The molecule has 0 aliphatic heterocycles. The number of thiazole rings is 1. The van der Waals surface area contributed by atoms with Crippen LogP contribution in [-0.4, -0.2) is 21.8 Å². The van der Waals surface area contributed by atoms with E-state index in [-0.39, 0.29) is 16.4 Å². The normalized spacial score (nSPS) is 10.3. The second kappa shape index (κ2) is 6.02. The second-order valence-electron chi connectivity index (χ2n) is 4.04. The van der Waals surface area contributed by atoms with E-state index in [9.17, 15) is 9.59 Å². The molecular formula is C13H11ClN2O3S. The van der Waals surface area contributed by atoms with Gasteiger partial charge in [-0.15, -0.1) is 0 Å². The molecule has 2 rings (SSSR count). The molecule has 7 heteroatoms. The van der Waals surface area contributed by atoms with Crippen molar-refractivity contribution in [3.05, 3.63) is 45.4 Å². The van der Waals surface area contributed by atoms with Gasteiger partial charge in [0.2, 0.25) is 0 Å². The van der Waals surface area contributed by atoms with Crippen LogP contribution in [0.5, 0.6) is 0 Å². The van der Waals surface area contributed by atoms with E-state index in [1.54, 1.807) is 12.1 Å². The zero-order valence-electron chi connectivity index (χ0n) is 10.5. The van der Waals surface area contributed by atoms with Gasteiger partial charge in [-0.1, -0.05) is 35.1 Å². The van der Waals surface area contributed by atoms with Crippen LogP contribution in [0, 0.1) is 0 Å². The van der Waals surface area contributed by atoms with Gasteiger partial charge in [-0.05, 0) is 17.7 Å². The van der Waals surface area contributed by atoms with E-state index in [1.165, 1.54) is 6.92 Å². The Morgan fingerprint density at radius 3 is 2.75 bits per heavy atom. The summed E-state index contributed by atoms with van der Waals surface area (Å²) in [7, 11) is 0. The smallest absolute Gasteiger partial charge is 0.356 e. The highest BCUT2D eigenvalue weighted by molar-refractivity contribution is 7.17. The number of hydrogen-bond acceptors (Lipinski definition) is 5. The third-order valence-corrected chi connectivity index (χ3v) is 3.83. The Kier molecular flexibility index (Phi) is 4.36. The number of rotatable bonds is 5. The quantitative estimate of drug-likeness (QED) is 0.828. The molecule has 0 bridgehead atoms. The third-order valence-electron chi connectivity index (χ3n) is 2.48. The average molecular weight is 311 g/mol. The van der Waals surface area contributed by atoms with Crippen molar-refractivity contribution < 1.29 is 14.7 Å². The fraction of sp³-hybridized carbons (Fsp3) is 0.154. The number of carbonyl (C=O) groups excluding carboxylic acids is 1. The summed E-state index contributed by atoms with van der Waals surface area (Å²) < 4.78 is 0. The summed E-state index contributed by atoms with van der Waals surface area (Å²) in [5.74, 6) is -1.52. The predicted octanol–water partition coefficient (Wildman–Crippen LogP) is 3.31. The minimum atomic E-state index is -1.21. The largest absolute Gasteiger partial charge is 0.476 e. The van der Waals surface area contributed by atoms with Gasteiger partial charge in [-0.2, -0.15) is 0 Å². The topological polar surface area (TPSA) is 79.3 Å². The highest BCUT2D eigenvalue weighted by Gasteiger charge is 2.20. The van der Waals surface area contributed by atoms with E-state index in [2.05, 4.69) is 10.3 Å². The summed E-state index contributed by atoms with van der Waals surface area (Å²) in [6, 6.07) is 7.28. The minimum absolute atomic E-state index is 0.145. The molecule has 2 aromatic rings. The summed E-state index contributed by atoms with van der Waals surface area (Å²) in [5.41, 5.74) is 0.727. The lowest BCUT2D eigenvalue weighted by Gasteiger charge is -2.02. The van der Waals surface area contributed by atoms with Crippen LogP contribution in [0.1, 0.15) is 32.6 Å². The van der Waals surface area contributed by atoms with Crippen molar-refractivity contribution in [2.75, 3.05) is 5.32 Å². The van der Waals surface area contributed by atoms with Gasteiger partial charge in [0, 0.05) is 18.5 Å². The number of carboxylic acids is 1. The lowest BCUT2D eigenvalue weighted by Crippen LogP contribution is -2.04. The molecule has 0 spiro atoms. The van der Waals surface area contributed by atoms with E-state index >= 15 is 0 Å². The van der Waals surface area contributed by atoms with Crippen molar-refractivity contribution in [1.29, 1.82) is 0 Å². The molecule has 0 radical (unpaired) electrons. The maximum atomic E-state index is 11.4. The number of ketones is 1. The van der Waals surface area contributed by atoms with Gasteiger partial charge in [0.25, 0.3) is 0 Å². The van der Waals surface area contributed by atoms with Crippen molar-refractivity contribution in [2.24, 2.45) is 0 Å². The minimum Gasteiger partial charge on any atom is -0.476 e. The Hall–Kier alpha value is -1.92. The van der Waals surface area contributed by atoms with Crippen LogP contribution in [0.25, 0.3) is 0 Å². The fourth-order valence-corrected chi connectivity index (χ4v) is 2.66. The van der Waals surface area contributed by atoms with Crippen LogP contribution in [-0.2, 0) is 6.54 Å². The van der Waals surface area contributed by atoms with Gasteiger partial charge in [0.05, 0.1) is 0 Å². The maximum absolute atomic E-state index is 11.4. The lowest BCUT2D eigenvalue weighted by atomic mass is 10.2. The number of anilines is 1. The average Bonchev–Trinajstić information content (AvgIpc) is 2.81. The molecule has 5 nitrogen and oxygen atoms in total. The van der Waals surface area contributed by atoms with Crippen LogP contribution in [0.4, 0.5) is 5.13 Å². The first-order valence-corrected chi connectivity index (χ1v) is 6.90. The maximum Gasteiger partial charge on any atom is 0.356 e. The van der Waals surface area contributed by atoms with E-state index < -0.39 is 5.97 Å². The van der Waals surface area contributed by atoms with Gasteiger partial charge in [-0.3, -0.25) is 4.79 Å². The molecule has 1 heterocycles. The molecule has 0 saturated heterocycles. The van der Waals surface area contributed by atoms with Gasteiger partial charge in [0.15, 0.2) is 16.6 Å². The SMILES string of the molecule is CC(=O)c1sc(NCc2cccc(Cl)c2)nc1C(=O)O. The van der Waals surface area contributed by atoms with Gasteiger partial charge in [-0.25, -0.2) is 9.78 Å². The molecule has 0 fully saturated rings. The van der Waals surface area contributed by atoms with Crippen molar-refractivity contribution in [3.63, 3.8) is 0 Å². The first-order valence-electron chi connectivity index (χ1n) is 5.70. The number of hydrogen-bond donors (Lipinski definition) is 2. The number of nitrogens with zero attached hydrogens (tertiary/aromatic N) is 1. The zero-order chi connectivity index (χ0) is 14.7. The molecule has 0 saturated carbocycles. The fourth-order valence-electron chi connectivity index (χ4n) is 1.60. The highest BCUT2D eigenvalue weighted by Crippen LogP contribution is 2.24. The number of Topliss-reactive ketones (excluding diaryl/α,β-unsaturated/α-hetero) is 1. The van der Waals surface area contributed by atoms with Crippen molar-refractivity contribution >= 4 is 39.8 Å². The number of carbonyl (C=O) groups is 2. The van der Waals surface area contributed by atoms with Crippen molar-refractivity contribution in [1.82, 2.24) is 4.98 Å². The van der Waals surface area contributed by atoms with Crippen LogP contribution in [0.2, 0.25) is 5.02 Å². The molecule has 1 aromatic heterocycles. The van der Waals surface area contributed by atoms with Crippen LogP contribution in [0.3, 0.4) is 0 Å². The summed E-state index contributed by atoms with van der Waals surface area (Å²) in [5, 5.41) is 13.0. The van der Waals surface area contributed by atoms with E-state index in [1.807, 2.05) is 12.1 Å². The number of nitrogens with one attached hydrogen (secondary N) is 1. The van der Waals surface area contributed by atoms with E-state index in [4.69, 9.17) is 16.7 Å². The molecule has 1 aromatic carbocycles. The first-order chi connectivity index (χ1) is 9.47. The number of carboxylic acid groups (broad SMARTS) is 1. The van der Waals surface area contributed by atoms with Gasteiger partial charge >= 0.3 is 5.97 Å². The van der Waals surface area contributed by atoms with Crippen LogP contribution in [0.15, 0.2) is 24.3 Å². The molecule has 0 aliphatic rings. The highest BCUT2D eigenvalue weighted by atomic mass is 35.5. The molecular weight excluding hydrogens is 300 g/mol. The Morgan fingerprint density at radius 2 is 2.20 bits per heavy atom. The van der Waals surface area contributed by atoms with E-state index in [0.717, 1.165) is 16.9 Å². The lowest BCUT2D eigenvalue weighted by molar-refractivity contribution is 0.0687. The molecule has 20 heavy (non-hydrogen) atoms. The van der Waals surface area contributed by atoms with Crippen molar-refractivity contribution in [2.45, 2.75) is 13.5 Å². The van der Waals surface area contributed by atoms with Crippen LogP contribution >= 0.6 is 22.9 Å². The van der Waals surface area contributed by atoms with Gasteiger partial charge in [0.1, 0.15) is 4.88 Å². The zero-order valence-corrected chi connectivity index (χ0v) is 12.1. The Morgan fingerprint density at radius 1 is 1.45 bits per heavy atom. The molecule has 0 amide bonds. The molecule has 0 aliphatic carbocycles. The summed E-state index contributed by atoms with van der Waals surface area (Å²) in [6.45, 7) is 1.77. The first kappa shape index (κ1) is 14.5. The Labute approximate surface area is 124 Å². The summed E-state index contributed by atoms with van der Waals surface area (Å²) in [6.07, 6.45) is 0. The summed E-state index contributed by atoms with van der Waals surface area (Å²) >= 11 is 6.91. The van der Waals surface area contributed by atoms with Gasteiger partial charge < -0.3 is 10.4 Å². The monoisotopic (exact) mass is 310 g/mol.